The van der Waals surface area contributed by atoms with Crippen molar-refractivity contribution < 1.29 is 18.0 Å². The molecule has 0 spiro atoms. The number of likely N-dealkylation sites (N-methyl/N-ethyl adjacent to an activating group) is 1. The van der Waals surface area contributed by atoms with Crippen molar-refractivity contribution in [2.24, 2.45) is 0 Å². The fourth-order valence-corrected chi connectivity index (χ4v) is 4.75. The van der Waals surface area contributed by atoms with Gasteiger partial charge in [0.15, 0.2) is 0 Å². The van der Waals surface area contributed by atoms with Crippen LogP contribution in [0.5, 0.6) is 0 Å². The number of nitrogens with zero attached hydrogens (tertiary/aromatic N) is 1. The largest absolute Gasteiger partial charge is 0.355 e. The number of benzene rings is 2. The summed E-state index contributed by atoms with van der Waals surface area (Å²) in [5, 5.41) is 3.11. The highest BCUT2D eigenvalue weighted by molar-refractivity contribution is 7.92. The Kier molecular flexibility index (Phi) is 6.90. The second-order valence-corrected chi connectivity index (χ2v) is 9.31. The molecule has 1 aliphatic heterocycles. The van der Waals surface area contributed by atoms with E-state index in [2.05, 4.69) is 10.0 Å². The quantitative estimate of drug-likeness (QED) is 0.675. The van der Waals surface area contributed by atoms with Crippen LogP contribution in [0.4, 0.5) is 5.69 Å². The van der Waals surface area contributed by atoms with E-state index in [9.17, 15) is 18.0 Å². The number of hydrogen-bond acceptors (Lipinski definition) is 4. The van der Waals surface area contributed by atoms with Crippen molar-refractivity contribution >= 4 is 50.7 Å². The summed E-state index contributed by atoms with van der Waals surface area (Å²) in [7, 11) is -3.93. The standard InChI is InChI=1S/C20H21Cl2N3O4S/c1-2-23-19(26)18-7-4-10-25(18)20(27)13-5-3-6-14(11-13)24-30(28,29)15-8-9-16(21)17(22)12-15/h3,5-6,8-9,11-12,18,24H,2,4,7,10H2,1H3,(H,23,26)/t18-/m0/s1. The van der Waals surface area contributed by atoms with Crippen molar-refractivity contribution in [2.45, 2.75) is 30.7 Å². The van der Waals surface area contributed by atoms with Crippen LogP contribution < -0.4 is 10.0 Å². The molecule has 10 heteroatoms. The first-order chi connectivity index (χ1) is 14.2. The van der Waals surface area contributed by atoms with Gasteiger partial charge in [-0.25, -0.2) is 8.42 Å². The van der Waals surface area contributed by atoms with Crippen LogP contribution in [-0.4, -0.2) is 44.3 Å². The van der Waals surface area contributed by atoms with E-state index in [0.717, 1.165) is 6.42 Å². The highest BCUT2D eigenvalue weighted by atomic mass is 35.5. The Balaban J connectivity index is 1.81. The summed E-state index contributed by atoms with van der Waals surface area (Å²) in [6.45, 7) is 2.78. The Labute approximate surface area is 185 Å². The van der Waals surface area contributed by atoms with Crippen LogP contribution >= 0.6 is 23.2 Å². The average molecular weight is 470 g/mol. The molecule has 2 N–H and O–H groups in total. The molecule has 0 bridgehead atoms. The van der Waals surface area contributed by atoms with Gasteiger partial charge >= 0.3 is 0 Å². The fourth-order valence-electron chi connectivity index (χ4n) is 3.31. The monoisotopic (exact) mass is 469 g/mol. The Morgan fingerprint density at radius 1 is 1.13 bits per heavy atom. The van der Waals surface area contributed by atoms with Crippen molar-refractivity contribution in [1.29, 1.82) is 0 Å². The van der Waals surface area contributed by atoms with E-state index in [1.54, 1.807) is 12.1 Å². The maximum absolute atomic E-state index is 13.0. The molecule has 1 heterocycles. The number of anilines is 1. The third-order valence-corrected chi connectivity index (χ3v) is 6.85. The predicted molar refractivity (Wildman–Crippen MR) is 116 cm³/mol. The van der Waals surface area contributed by atoms with Gasteiger partial charge in [0.1, 0.15) is 6.04 Å². The maximum atomic E-state index is 13.0. The van der Waals surface area contributed by atoms with Gasteiger partial charge in [0, 0.05) is 24.3 Å². The van der Waals surface area contributed by atoms with E-state index in [1.165, 1.54) is 35.2 Å². The maximum Gasteiger partial charge on any atom is 0.261 e. The zero-order valence-electron chi connectivity index (χ0n) is 16.2. The van der Waals surface area contributed by atoms with Gasteiger partial charge in [-0.1, -0.05) is 29.3 Å². The summed E-state index contributed by atoms with van der Waals surface area (Å²) >= 11 is 11.8. The normalized spacial score (nSPS) is 16.4. The number of carbonyl (C=O) groups excluding carboxylic acids is 2. The Hall–Kier alpha value is -2.29. The van der Waals surface area contributed by atoms with Crippen LogP contribution in [0.15, 0.2) is 47.4 Å². The number of rotatable bonds is 6. The Bertz CT molecular complexity index is 1080. The smallest absolute Gasteiger partial charge is 0.261 e. The molecule has 1 aliphatic rings. The molecule has 30 heavy (non-hydrogen) atoms. The molecule has 1 fully saturated rings. The Morgan fingerprint density at radius 3 is 2.60 bits per heavy atom. The van der Waals surface area contributed by atoms with Gasteiger partial charge in [-0.3, -0.25) is 14.3 Å². The molecule has 0 aromatic heterocycles. The van der Waals surface area contributed by atoms with Gasteiger partial charge < -0.3 is 10.2 Å². The first-order valence-electron chi connectivity index (χ1n) is 9.39. The molecule has 0 saturated carbocycles. The van der Waals surface area contributed by atoms with Gasteiger partial charge in [-0.05, 0) is 56.2 Å². The van der Waals surface area contributed by atoms with E-state index >= 15 is 0 Å². The summed E-state index contributed by atoms with van der Waals surface area (Å²) in [5.41, 5.74) is 0.515. The first kappa shape index (κ1) is 22.4. The summed E-state index contributed by atoms with van der Waals surface area (Å²) < 4.78 is 27.8. The molecule has 0 aliphatic carbocycles. The van der Waals surface area contributed by atoms with Gasteiger partial charge in [0.05, 0.1) is 14.9 Å². The number of hydrogen-bond donors (Lipinski definition) is 2. The van der Waals surface area contributed by atoms with E-state index in [4.69, 9.17) is 23.2 Å². The molecule has 3 rings (SSSR count). The lowest BCUT2D eigenvalue weighted by Crippen LogP contribution is -2.45. The van der Waals surface area contributed by atoms with Crippen LogP contribution in [0, 0.1) is 0 Å². The van der Waals surface area contributed by atoms with E-state index < -0.39 is 16.1 Å². The van der Waals surface area contributed by atoms with Crippen molar-refractivity contribution in [1.82, 2.24) is 10.2 Å². The predicted octanol–water partition coefficient (Wildman–Crippen LogP) is 3.53. The average Bonchev–Trinajstić information content (AvgIpc) is 3.19. The summed E-state index contributed by atoms with van der Waals surface area (Å²) in [6, 6.07) is 9.63. The second-order valence-electron chi connectivity index (χ2n) is 6.81. The molecule has 7 nitrogen and oxygen atoms in total. The van der Waals surface area contributed by atoms with Crippen molar-refractivity contribution in [3.05, 3.63) is 58.1 Å². The summed E-state index contributed by atoms with van der Waals surface area (Å²) in [4.78, 5) is 26.7. The van der Waals surface area contributed by atoms with Crippen molar-refractivity contribution in [3.63, 3.8) is 0 Å². The Morgan fingerprint density at radius 2 is 1.90 bits per heavy atom. The lowest BCUT2D eigenvalue weighted by atomic mass is 10.1. The number of halogens is 2. The molecular weight excluding hydrogens is 449 g/mol. The topological polar surface area (TPSA) is 95.6 Å². The second kappa shape index (κ2) is 9.24. The molecule has 160 valence electrons. The van der Waals surface area contributed by atoms with Crippen LogP contribution in [0.1, 0.15) is 30.1 Å². The lowest BCUT2D eigenvalue weighted by molar-refractivity contribution is -0.124. The van der Waals surface area contributed by atoms with E-state index in [0.29, 0.717) is 25.1 Å². The van der Waals surface area contributed by atoms with E-state index in [1.807, 2.05) is 6.92 Å². The molecule has 2 aromatic carbocycles. The van der Waals surface area contributed by atoms with Crippen LogP contribution in [-0.2, 0) is 14.8 Å². The van der Waals surface area contributed by atoms with Gasteiger partial charge in [0.25, 0.3) is 15.9 Å². The van der Waals surface area contributed by atoms with Gasteiger partial charge in [-0.15, -0.1) is 0 Å². The zero-order chi connectivity index (χ0) is 21.9. The number of likely N-dealkylation sites (tertiary alicyclic amines) is 1. The summed E-state index contributed by atoms with van der Waals surface area (Å²) in [5.74, 6) is -0.501. The SMILES string of the molecule is CCNC(=O)[C@@H]1CCCN1C(=O)c1cccc(NS(=O)(=O)c2ccc(Cl)c(Cl)c2)c1. The molecule has 2 aromatic rings. The highest BCUT2D eigenvalue weighted by Crippen LogP contribution is 2.27. The van der Waals surface area contributed by atoms with Crippen LogP contribution in [0.3, 0.4) is 0 Å². The zero-order valence-corrected chi connectivity index (χ0v) is 18.5. The fraction of sp³-hybridized carbons (Fsp3) is 0.300. The third-order valence-electron chi connectivity index (χ3n) is 4.73. The summed E-state index contributed by atoms with van der Waals surface area (Å²) in [6.07, 6.45) is 1.33. The molecular formula is C20H21Cl2N3O4S. The third kappa shape index (κ3) is 4.88. The molecule has 1 atom stereocenters. The molecule has 0 unspecified atom stereocenters. The minimum Gasteiger partial charge on any atom is -0.355 e. The molecule has 2 amide bonds. The number of nitrogens with one attached hydrogen (secondary N) is 2. The number of amides is 2. The lowest BCUT2D eigenvalue weighted by Gasteiger charge is -2.24. The minimum atomic E-state index is -3.93. The van der Waals surface area contributed by atoms with Gasteiger partial charge in [-0.2, -0.15) is 0 Å². The highest BCUT2D eigenvalue weighted by Gasteiger charge is 2.34. The van der Waals surface area contributed by atoms with Crippen LogP contribution in [0.25, 0.3) is 0 Å². The first-order valence-corrected chi connectivity index (χ1v) is 11.6. The minimum absolute atomic E-state index is 0.0514. The number of sulfonamides is 1. The van der Waals surface area contributed by atoms with Crippen molar-refractivity contribution in [3.8, 4) is 0 Å². The molecule has 0 radical (unpaired) electrons. The molecule has 1 saturated heterocycles. The number of carbonyl (C=O) groups is 2. The van der Waals surface area contributed by atoms with E-state index in [-0.39, 0.29) is 32.4 Å². The van der Waals surface area contributed by atoms with Crippen LogP contribution in [0.2, 0.25) is 10.0 Å². The van der Waals surface area contributed by atoms with Gasteiger partial charge in [0.2, 0.25) is 5.91 Å². The van der Waals surface area contributed by atoms with Crippen molar-refractivity contribution in [2.75, 3.05) is 17.8 Å².